The number of aliphatic hydroxyl groups excluding tert-OH is 1. The molecule has 1 aromatic carbocycles. The number of carbonyl (C=O) groups excluding carboxylic acids is 2. The summed E-state index contributed by atoms with van der Waals surface area (Å²) in [6.07, 6.45) is -6.10. The van der Waals surface area contributed by atoms with Crippen LogP contribution in [0.5, 0.6) is 0 Å². The van der Waals surface area contributed by atoms with Crippen molar-refractivity contribution in [3.63, 3.8) is 0 Å². The zero-order chi connectivity index (χ0) is 18.9. The summed E-state index contributed by atoms with van der Waals surface area (Å²) in [5.41, 5.74) is 0.307. The highest BCUT2D eigenvalue weighted by Crippen LogP contribution is 2.34. The minimum Gasteiger partial charge on any atom is -0.426 e. The second-order valence-electron chi connectivity index (χ2n) is 7.32. The van der Waals surface area contributed by atoms with Crippen LogP contribution in [-0.2, 0) is 23.7 Å². The molecule has 1 aromatic rings. The summed E-state index contributed by atoms with van der Waals surface area (Å²) in [6, 6.07) is 9.09. The fourth-order valence-corrected chi connectivity index (χ4v) is 2.98. The smallest absolute Gasteiger partial charge is 0.426 e. The molecule has 0 aromatic heterocycles. The number of hydrogen-bond donors (Lipinski definition) is 1. The molecule has 2 aliphatic heterocycles. The van der Waals surface area contributed by atoms with Gasteiger partial charge in [0.05, 0.1) is 6.61 Å². The molecule has 0 bridgehead atoms. The predicted molar refractivity (Wildman–Crippen MR) is 87.1 cm³/mol. The maximum Gasteiger partial charge on any atom is 0.509 e. The molecule has 0 spiro atoms. The van der Waals surface area contributed by atoms with Crippen LogP contribution in [-0.4, -0.2) is 48.6 Å². The quantitative estimate of drug-likeness (QED) is 0.627. The van der Waals surface area contributed by atoms with Gasteiger partial charge >= 0.3 is 12.3 Å². The van der Waals surface area contributed by atoms with Crippen LogP contribution in [0.4, 0.5) is 9.59 Å². The number of hydrogen-bond acceptors (Lipinski definition) is 8. The van der Waals surface area contributed by atoms with Gasteiger partial charge < -0.3 is 28.8 Å². The standard InChI is InChI=1S/C18H22O8/c1-18(2,3)14-13(25-17(21)26-14)15(19)22-9-11-12(24-16(20)23-11)10-7-5-4-6-8-10/h4-8,11-15,19H,9H2,1-3H3. The fraction of sp³-hybridized carbons (Fsp3) is 0.556. The molecule has 26 heavy (non-hydrogen) atoms. The molecule has 2 saturated heterocycles. The maximum atomic E-state index is 11.5. The van der Waals surface area contributed by atoms with E-state index in [2.05, 4.69) is 0 Å². The third-order valence-corrected chi connectivity index (χ3v) is 4.26. The molecule has 142 valence electrons. The predicted octanol–water partition coefficient (Wildman–Crippen LogP) is 2.55. The average molecular weight is 366 g/mol. The van der Waals surface area contributed by atoms with Gasteiger partial charge in [0.1, 0.15) is 0 Å². The number of rotatable bonds is 5. The van der Waals surface area contributed by atoms with Gasteiger partial charge in [-0.05, 0) is 5.56 Å². The Hall–Kier alpha value is -2.32. The maximum absolute atomic E-state index is 11.5. The Morgan fingerprint density at radius 3 is 2.35 bits per heavy atom. The Morgan fingerprint density at radius 2 is 1.69 bits per heavy atom. The number of aliphatic hydroxyl groups is 1. The molecule has 2 fully saturated rings. The van der Waals surface area contributed by atoms with E-state index >= 15 is 0 Å². The van der Waals surface area contributed by atoms with Crippen molar-refractivity contribution < 1.29 is 38.4 Å². The number of carbonyl (C=O) groups is 2. The van der Waals surface area contributed by atoms with Crippen LogP contribution in [0.3, 0.4) is 0 Å². The molecule has 0 radical (unpaired) electrons. The van der Waals surface area contributed by atoms with E-state index in [4.69, 9.17) is 23.7 Å². The van der Waals surface area contributed by atoms with Crippen molar-refractivity contribution >= 4 is 12.3 Å². The van der Waals surface area contributed by atoms with E-state index < -0.39 is 48.4 Å². The lowest BCUT2D eigenvalue weighted by Gasteiger charge is -2.30. The van der Waals surface area contributed by atoms with Crippen molar-refractivity contribution in [1.29, 1.82) is 0 Å². The first-order valence-electron chi connectivity index (χ1n) is 8.35. The molecule has 0 aliphatic carbocycles. The molecule has 8 heteroatoms. The van der Waals surface area contributed by atoms with Gasteiger partial charge in [-0.2, -0.15) is 0 Å². The third-order valence-electron chi connectivity index (χ3n) is 4.26. The van der Waals surface area contributed by atoms with E-state index in [9.17, 15) is 14.7 Å². The summed E-state index contributed by atoms with van der Waals surface area (Å²) in [4.78, 5) is 23.0. The van der Waals surface area contributed by atoms with Gasteiger partial charge in [0.2, 0.25) is 0 Å². The van der Waals surface area contributed by atoms with Gasteiger partial charge in [0, 0.05) is 5.41 Å². The highest BCUT2D eigenvalue weighted by Gasteiger charge is 2.49. The first-order chi connectivity index (χ1) is 12.3. The monoisotopic (exact) mass is 366 g/mol. The van der Waals surface area contributed by atoms with Gasteiger partial charge in [-0.15, -0.1) is 0 Å². The van der Waals surface area contributed by atoms with Crippen molar-refractivity contribution in [3.8, 4) is 0 Å². The fourth-order valence-electron chi connectivity index (χ4n) is 2.98. The number of benzene rings is 1. The van der Waals surface area contributed by atoms with Crippen molar-refractivity contribution in [1.82, 2.24) is 0 Å². The SMILES string of the molecule is CC(C)(C)C1OC(=O)OC1C(O)OCC1OC(=O)OC1c1ccccc1. The molecular formula is C18H22O8. The zero-order valence-corrected chi connectivity index (χ0v) is 14.8. The Bertz CT molecular complexity index is 653. The minimum atomic E-state index is -1.43. The minimum absolute atomic E-state index is 0.128. The van der Waals surface area contributed by atoms with Crippen LogP contribution in [0.2, 0.25) is 0 Å². The molecule has 0 amide bonds. The first-order valence-corrected chi connectivity index (χ1v) is 8.35. The largest absolute Gasteiger partial charge is 0.509 e. The van der Waals surface area contributed by atoms with Gasteiger partial charge in [-0.25, -0.2) is 9.59 Å². The molecule has 2 aliphatic rings. The molecule has 3 rings (SSSR count). The second kappa shape index (κ2) is 7.13. The number of ether oxygens (including phenoxy) is 5. The lowest BCUT2D eigenvalue weighted by Crippen LogP contribution is -2.44. The molecule has 2 heterocycles. The van der Waals surface area contributed by atoms with E-state index in [1.807, 2.05) is 39.0 Å². The van der Waals surface area contributed by atoms with Crippen LogP contribution >= 0.6 is 0 Å². The number of cyclic esters (lactones) is 4. The summed E-state index contributed by atoms with van der Waals surface area (Å²) < 4.78 is 25.9. The normalized spacial score (nSPS) is 29.5. The van der Waals surface area contributed by atoms with Crippen LogP contribution < -0.4 is 0 Å². The lowest BCUT2D eigenvalue weighted by molar-refractivity contribution is -0.182. The molecule has 1 N–H and O–H groups in total. The molecule has 5 unspecified atom stereocenters. The topological polar surface area (TPSA) is 101 Å². The van der Waals surface area contributed by atoms with Gasteiger partial charge in [-0.1, -0.05) is 51.1 Å². The average Bonchev–Trinajstić information content (AvgIpc) is 3.16. The zero-order valence-electron chi connectivity index (χ0n) is 14.8. The van der Waals surface area contributed by atoms with E-state index in [1.165, 1.54) is 0 Å². The summed E-state index contributed by atoms with van der Waals surface area (Å²) in [5, 5.41) is 10.3. The summed E-state index contributed by atoms with van der Waals surface area (Å²) >= 11 is 0. The van der Waals surface area contributed by atoms with Gasteiger partial charge in [-0.3, -0.25) is 0 Å². The van der Waals surface area contributed by atoms with Gasteiger partial charge in [0.25, 0.3) is 0 Å². The van der Waals surface area contributed by atoms with E-state index in [0.29, 0.717) is 0 Å². The molecule has 5 atom stereocenters. The van der Waals surface area contributed by atoms with Crippen molar-refractivity contribution in [2.24, 2.45) is 5.41 Å². The highest BCUT2D eigenvalue weighted by atomic mass is 16.8. The van der Waals surface area contributed by atoms with Crippen LogP contribution in [0, 0.1) is 5.41 Å². The molecule has 8 nitrogen and oxygen atoms in total. The molecular weight excluding hydrogens is 344 g/mol. The summed E-state index contributed by atoms with van der Waals surface area (Å²) in [5.74, 6) is 0. The van der Waals surface area contributed by atoms with Crippen molar-refractivity contribution in [2.45, 2.75) is 51.5 Å². The van der Waals surface area contributed by atoms with Crippen molar-refractivity contribution in [3.05, 3.63) is 35.9 Å². The lowest BCUT2D eigenvalue weighted by atomic mass is 9.85. The Morgan fingerprint density at radius 1 is 1.04 bits per heavy atom. The van der Waals surface area contributed by atoms with Crippen LogP contribution in [0.15, 0.2) is 30.3 Å². The van der Waals surface area contributed by atoms with Crippen molar-refractivity contribution in [2.75, 3.05) is 6.61 Å². The second-order valence-corrected chi connectivity index (χ2v) is 7.32. The van der Waals surface area contributed by atoms with Crippen LogP contribution in [0.25, 0.3) is 0 Å². The summed E-state index contributed by atoms with van der Waals surface area (Å²) in [7, 11) is 0. The molecule has 0 saturated carbocycles. The highest BCUT2D eigenvalue weighted by molar-refractivity contribution is 5.63. The van der Waals surface area contributed by atoms with Gasteiger partial charge in [0.15, 0.2) is 30.7 Å². The van der Waals surface area contributed by atoms with E-state index in [0.717, 1.165) is 5.56 Å². The van der Waals surface area contributed by atoms with E-state index in [-0.39, 0.29) is 6.61 Å². The third kappa shape index (κ3) is 3.91. The van der Waals surface area contributed by atoms with Crippen LogP contribution in [0.1, 0.15) is 32.4 Å². The first kappa shape index (κ1) is 18.5. The van der Waals surface area contributed by atoms with E-state index in [1.54, 1.807) is 12.1 Å². The Kier molecular flexibility index (Phi) is 5.06. The Balaban J connectivity index is 1.64. The Labute approximate surface area is 150 Å². The summed E-state index contributed by atoms with van der Waals surface area (Å²) in [6.45, 7) is 5.45.